The Balaban J connectivity index is 1.57. The van der Waals surface area contributed by atoms with Crippen LogP contribution in [-0.2, 0) is 6.42 Å². The van der Waals surface area contributed by atoms with Crippen molar-refractivity contribution in [2.24, 2.45) is 0 Å². The van der Waals surface area contributed by atoms with Crippen LogP contribution < -0.4 is 14.8 Å². The molecule has 112 valence electrons. The third kappa shape index (κ3) is 2.96. The zero-order chi connectivity index (χ0) is 14.8. The Bertz CT molecular complexity index is 617. The van der Waals surface area contributed by atoms with Crippen molar-refractivity contribution in [2.45, 2.75) is 39.7 Å². The number of anilines is 1. The van der Waals surface area contributed by atoms with E-state index in [1.54, 1.807) is 0 Å². The molecule has 0 bridgehead atoms. The van der Waals surface area contributed by atoms with E-state index in [1.807, 2.05) is 19.9 Å². The molecule has 5 heteroatoms. The second-order valence-electron chi connectivity index (χ2n) is 5.58. The molecule has 1 aliphatic rings. The average Bonchev–Trinajstić information content (AvgIpc) is 3.06. The summed E-state index contributed by atoms with van der Waals surface area (Å²) in [7, 11) is 0. The molecular weight excluding hydrogens is 266 g/mol. The van der Waals surface area contributed by atoms with Crippen molar-refractivity contribution in [3.8, 4) is 11.5 Å². The number of H-pyrrole nitrogens is 1. The van der Waals surface area contributed by atoms with Crippen LogP contribution in [0.2, 0.25) is 0 Å². The lowest BCUT2D eigenvalue weighted by molar-refractivity contribution is 0.174. The number of aryl methyl sites for hydroxylation is 3. The van der Waals surface area contributed by atoms with E-state index in [9.17, 15) is 0 Å². The predicted octanol–water partition coefficient (Wildman–Crippen LogP) is 3.19. The second-order valence-corrected chi connectivity index (χ2v) is 5.58. The van der Waals surface area contributed by atoms with Crippen LogP contribution in [0.25, 0.3) is 0 Å². The van der Waals surface area contributed by atoms with Gasteiger partial charge in [0.1, 0.15) is 0 Å². The lowest BCUT2D eigenvalue weighted by Crippen LogP contribution is -2.16. The molecular formula is C16H21N3O2. The first-order valence-electron chi connectivity index (χ1n) is 7.30. The zero-order valence-electron chi connectivity index (χ0n) is 12.7. The van der Waals surface area contributed by atoms with Gasteiger partial charge in [0.15, 0.2) is 11.5 Å². The molecule has 1 atom stereocenters. The fourth-order valence-corrected chi connectivity index (χ4v) is 2.56. The zero-order valence-corrected chi connectivity index (χ0v) is 12.7. The Kier molecular flexibility index (Phi) is 3.73. The topological polar surface area (TPSA) is 59.2 Å². The van der Waals surface area contributed by atoms with Crippen molar-refractivity contribution in [1.82, 2.24) is 10.2 Å². The summed E-state index contributed by atoms with van der Waals surface area (Å²) in [4.78, 5) is 0. The summed E-state index contributed by atoms with van der Waals surface area (Å²) >= 11 is 0. The van der Waals surface area contributed by atoms with Gasteiger partial charge in [0.2, 0.25) is 6.79 Å². The predicted molar refractivity (Wildman–Crippen MR) is 82.0 cm³/mol. The molecule has 2 aromatic rings. The standard InChI is InChI=1S/C16H21N3O2/c1-10(17-16-11(2)18-19-12(16)3)4-5-13-6-7-14-15(8-13)21-9-20-14/h6-8,10,17H,4-5,9H2,1-3H3,(H,18,19). The van der Waals surface area contributed by atoms with Gasteiger partial charge < -0.3 is 14.8 Å². The summed E-state index contributed by atoms with van der Waals surface area (Å²) in [6.45, 7) is 6.57. The highest BCUT2D eigenvalue weighted by Crippen LogP contribution is 2.32. The largest absolute Gasteiger partial charge is 0.454 e. The average molecular weight is 287 g/mol. The minimum atomic E-state index is 0.329. The maximum atomic E-state index is 5.41. The number of hydrogen-bond acceptors (Lipinski definition) is 4. The lowest BCUT2D eigenvalue weighted by atomic mass is 10.1. The number of benzene rings is 1. The molecule has 0 saturated carbocycles. The molecule has 0 radical (unpaired) electrons. The summed E-state index contributed by atoms with van der Waals surface area (Å²) < 4.78 is 10.7. The van der Waals surface area contributed by atoms with Crippen LogP contribution in [-0.4, -0.2) is 23.0 Å². The number of hydrogen-bond donors (Lipinski definition) is 2. The van der Waals surface area contributed by atoms with E-state index >= 15 is 0 Å². The molecule has 1 aromatic heterocycles. The van der Waals surface area contributed by atoms with Crippen molar-refractivity contribution < 1.29 is 9.47 Å². The Morgan fingerprint density at radius 2 is 2.10 bits per heavy atom. The minimum Gasteiger partial charge on any atom is -0.454 e. The van der Waals surface area contributed by atoms with Gasteiger partial charge in [-0.1, -0.05) is 6.07 Å². The molecule has 2 heterocycles. The van der Waals surface area contributed by atoms with Crippen LogP contribution >= 0.6 is 0 Å². The van der Waals surface area contributed by atoms with E-state index in [0.717, 1.165) is 41.4 Å². The highest BCUT2D eigenvalue weighted by Gasteiger charge is 2.14. The van der Waals surface area contributed by atoms with Crippen LogP contribution in [0.5, 0.6) is 11.5 Å². The number of rotatable bonds is 5. The first-order valence-corrected chi connectivity index (χ1v) is 7.30. The van der Waals surface area contributed by atoms with Gasteiger partial charge in [0, 0.05) is 6.04 Å². The highest BCUT2D eigenvalue weighted by molar-refractivity contribution is 5.52. The number of aromatic nitrogens is 2. The highest BCUT2D eigenvalue weighted by atomic mass is 16.7. The van der Waals surface area contributed by atoms with E-state index in [2.05, 4.69) is 34.6 Å². The monoisotopic (exact) mass is 287 g/mol. The Labute approximate surface area is 124 Å². The Hall–Kier alpha value is -2.17. The summed E-state index contributed by atoms with van der Waals surface area (Å²) in [5, 5.41) is 10.7. The third-order valence-electron chi connectivity index (χ3n) is 3.82. The van der Waals surface area contributed by atoms with Gasteiger partial charge >= 0.3 is 0 Å². The summed E-state index contributed by atoms with van der Waals surface area (Å²) in [6, 6.07) is 6.54. The number of nitrogens with one attached hydrogen (secondary N) is 2. The van der Waals surface area contributed by atoms with Crippen LogP contribution in [0, 0.1) is 13.8 Å². The van der Waals surface area contributed by atoms with Gasteiger partial charge in [0.25, 0.3) is 0 Å². The molecule has 21 heavy (non-hydrogen) atoms. The normalized spacial score (nSPS) is 14.2. The third-order valence-corrected chi connectivity index (χ3v) is 3.82. The van der Waals surface area contributed by atoms with Crippen molar-refractivity contribution in [3.63, 3.8) is 0 Å². The molecule has 0 spiro atoms. The van der Waals surface area contributed by atoms with Gasteiger partial charge in [-0.2, -0.15) is 5.10 Å². The van der Waals surface area contributed by atoms with Crippen LogP contribution in [0.4, 0.5) is 5.69 Å². The fraction of sp³-hybridized carbons (Fsp3) is 0.438. The molecule has 1 aliphatic heterocycles. The van der Waals surface area contributed by atoms with Crippen LogP contribution in [0.3, 0.4) is 0 Å². The summed E-state index contributed by atoms with van der Waals surface area (Å²) in [5.41, 5.74) is 4.49. The van der Waals surface area contributed by atoms with Gasteiger partial charge in [-0.15, -0.1) is 0 Å². The molecule has 0 saturated heterocycles. The number of aromatic amines is 1. The molecule has 0 aliphatic carbocycles. The molecule has 3 rings (SSSR count). The molecule has 1 unspecified atom stereocenters. The number of fused-ring (bicyclic) bond motifs is 1. The fourth-order valence-electron chi connectivity index (χ4n) is 2.56. The van der Waals surface area contributed by atoms with Crippen molar-refractivity contribution in [3.05, 3.63) is 35.2 Å². The first-order chi connectivity index (χ1) is 10.1. The summed E-state index contributed by atoms with van der Waals surface area (Å²) in [5.74, 6) is 1.70. The smallest absolute Gasteiger partial charge is 0.231 e. The van der Waals surface area contributed by atoms with Crippen molar-refractivity contribution >= 4 is 5.69 Å². The maximum absolute atomic E-state index is 5.41. The van der Waals surface area contributed by atoms with Gasteiger partial charge in [-0.05, 0) is 51.3 Å². The number of nitrogens with zero attached hydrogens (tertiary/aromatic N) is 1. The molecule has 0 amide bonds. The van der Waals surface area contributed by atoms with Gasteiger partial charge in [-0.3, -0.25) is 5.10 Å². The first kappa shape index (κ1) is 13.8. The second kappa shape index (κ2) is 5.68. The van der Waals surface area contributed by atoms with Crippen LogP contribution in [0.15, 0.2) is 18.2 Å². The lowest BCUT2D eigenvalue weighted by Gasteiger charge is -2.15. The number of ether oxygens (including phenoxy) is 2. The quantitative estimate of drug-likeness (QED) is 0.886. The van der Waals surface area contributed by atoms with Crippen LogP contribution in [0.1, 0.15) is 30.3 Å². The van der Waals surface area contributed by atoms with Gasteiger partial charge in [0.05, 0.1) is 17.1 Å². The van der Waals surface area contributed by atoms with E-state index < -0.39 is 0 Å². The van der Waals surface area contributed by atoms with Gasteiger partial charge in [-0.25, -0.2) is 0 Å². The van der Waals surface area contributed by atoms with E-state index in [-0.39, 0.29) is 0 Å². The molecule has 1 aromatic carbocycles. The van der Waals surface area contributed by atoms with E-state index in [1.165, 1.54) is 5.56 Å². The minimum absolute atomic E-state index is 0.329. The maximum Gasteiger partial charge on any atom is 0.231 e. The van der Waals surface area contributed by atoms with E-state index in [4.69, 9.17) is 9.47 Å². The van der Waals surface area contributed by atoms with E-state index in [0.29, 0.717) is 12.8 Å². The van der Waals surface area contributed by atoms with Crippen molar-refractivity contribution in [2.75, 3.05) is 12.1 Å². The Morgan fingerprint density at radius 3 is 2.86 bits per heavy atom. The molecule has 2 N–H and O–H groups in total. The molecule has 0 fully saturated rings. The Morgan fingerprint density at radius 1 is 1.29 bits per heavy atom. The van der Waals surface area contributed by atoms with Crippen molar-refractivity contribution in [1.29, 1.82) is 0 Å². The SMILES string of the molecule is Cc1n[nH]c(C)c1NC(C)CCc1ccc2c(c1)OCO2. The molecule has 5 nitrogen and oxygen atoms in total. The summed E-state index contributed by atoms with van der Waals surface area (Å²) in [6.07, 6.45) is 2.05.